The maximum atomic E-state index is 12.7. The van der Waals surface area contributed by atoms with Crippen LogP contribution in [0.1, 0.15) is 18.6 Å². The summed E-state index contributed by atoms with van der Waals surface area (Å²) in [6.07, 6.45) is -2.24. The second-order valence-electron chi connectivity index (χ2n) is 5.69. The first-order chi connectivity index (χ1) is 12.7. The number of carbonyl (C=O) groups excluding carboxylic acids is 2. The van der Waals surface area contributed by atoms with E-state index in [0.29, 0.717) is 17.0 Å². The molecule has 0 bridgehead atoms. The van der Waals surface area contributed by atoms with Crippen molar-refractivity contribution in [1.82, 2.24) is 0 Å². The molecule has 0 spiro atoms. The molecule has 2 amide bonds. The quantitative estimate of drug-likeness (QED) is 0.745. The van der Waals surface area contributed by atoms with Crippen LogP contribution in [0.5, 0.6) is 5.75 Å². The van der Waals surface area contributed by atoms with Crippen molar-refractivity contribution in [2.45, 2.75) is 17.9 Å². The Morgan fingerprint density at radius 1 is 1.15 bits per heavy atom. The molecule has 1 atom stereocenters. The van der Waals surface area contributed by atoms with Crippen LogP contribution in [0.25, 0.3) is 0 Å². The highest BCUT2D eigenvalue weighted by atomic mass is 32.2. The Hall–Kier alpha value is -3.07. The maximum absolute atomic E-state index is 12.7. The van der Waals surface area contributed by atoms with E-state index in [2.05, 4.69) is 5.32 Å². The van der Waals surface area contributed by atoms with Crippen LogP contribution in [0.2, 0.25) is 0 Å². The predicted octanol–water partition coefficient (Wildman–Crippen LogP) is 2.26. The molecular formula is C18H20N2O6S. The molecule has 3 N–H and O–H groups in total. The van der Waals surface area contributed by atoms with E-state index in [1.807, 2.05) is 0 Å². The number of amides is 2. The van der Waals surface area contributed by atoms with E-state index < -0.39 is 27.8 Å². The van der Waals surface area contributed by atoms with Crippen LogP contribution in [0.15, 0.2) is 53.4 Å². The van der Waals surface area contributed by atoms with Gasteiger partial charge in [-0.3, -0.25) is 4.79 Å². The van der Waals surface area contributed by atoms with Crippen LogP contribution in [0, 0.1) is 0 Å². The van der Waals surface area contributed by atoms with Crippen molar-refractivity contribution < 1.29 is 27.5 Å². The van der Waals surface area contributed by atoms with E-state index in [-0.39, 0.29) is 10.8 Å². The molecule has 0 saturated carbocycles. The zero-order valence-corrected chi connectivity index (χ0v) is 15.7. The van der Waals surface area contributed by atoms with E-state index in [1.54, 1.807) is 18.2 Å². The van der Waals surface area contributed by atoms with Gasteiger partial charge in [0.2, 0.25) is 5.91 Å². The standard InChI is InChI=1S/C18H20N2O6S/c1-12(21)20-14-5-3-4-13(10-14)17(26-18(19)22)11-27(23,24)16-8-6-15(25-2)7-9-16/h3-10,17H,11H2,1-2H3,(H2,19,22)(H,20,21). The van der Waals surface area contributed by atoms with Gasteiger partial charge in [-0.2, -0.15) is 0 Å². The summed E-state index contributed by atoms with van der Waals surface area (Å²) in [6.45, 7) is 1.35. The van der Waals surface area contributed by atoms with Gasteiger partial charge in [-0.15, -0.1) is 0 Å². The van der Waals surface area contributed by atoms with Crippen molar-refractivity contribution in [3.05, 3.63) is 54.1 Å². The first-order valence-corrected chi connectivity index (χ1v) is 9.57. The van der Waals surface area contributed by atoms with Gasteiger partial charge in [-0.1, -0.05) is 12.1 Å². The largest absolute Gasteiger partial charge is 0.497 e. The van der Waals surface area contributed by atoms with Crippen molar-refractivity contribution in [2.24, 2.45) is 5.73 Å². The Kier molecular flexibility index (Phi) is 6.40. The zero-order valence-electron chi connectivity index (χ0n) is 14.8. The number of hydrogen-bond acceptors (Lipinski definition) is 6. The summed E-state index contributed by atoms with van der Waals surface area (Å²) in [7, 11) is -2.32. The molecule has 0 saturated heterocycles. The lowest BCUT2D eigenvalue weighted by molar-refractivity contribution is -0.114. The number of ether oxygens (including phenoxy) is 2. The summed E-state index contributed by atoms with van der Waals surface area (Å²) < 4.78 is 35.5. The van der Waals surface area contributed by atoms with Crippen molar-refractivity contribution in [2.75, 3.05) is 18.2 Å². The number of primary amides is 1. The minimum Gasteiger partial charge on any atom is -0.497 e. The molecular weight excluding hydrogens is 372 g/mol. The van der Waals surface area contributed by atoms with E-state index in [0.717, 1.165) is 0 Å². The number of nitrogens with two attached hydrogens (primary N) is 1. The second-order valence-corrected chi connectivity index (χ2v) is 7.72. The lowest BCUT2D eigenvalue weighted by Gasteiger charge is -2.18. The van der Waals surface area contributed by atoms with Gasteiger partial charge in [-0.05, 0) is 42.0 Å². The van der Waals surface area contributed by atoms with Crippen molar-refractivity contribution in [1.29, 1.82) is 0 Å². The van der Waals surface area contributed by atoms with Crippen LogP contribution < -0.4 is 15.8 Å². The lowest BCUT2D eigenvalue weighted by atomic mass is 10.1. The highest BCUT2D eigenvalue weighted by Crippen LogP contribution is 2.26. The number of nitrogens with one attached hydrogen (secondary N) is 1. The molecule has 2 rings (SSSR count). The van der Waals surface area contributed by atoms with Crippen LogP contribution in [-0.2, 0) is 19.4 Å². The molecule has 144 valence electrons. The first-order valence-electron chi connectivity index (χ1n) is 7.91. The fourth-order valence-corrected chi connectivity index (χ4v) is 3.84. The molecule has 9 heteroatoms. The van der Waals surface area contributed by atoms with Crippen molar-refractivity contribution in [3.8, 4) is 5.75 Å². The highest BCUT2D eigenvalue weighted by molar-refractivity contribution is 7.91. The van der Waals surface area contributed by atoms with Gasteiger partial charge < -0.3 is 20.5 Å². The third kappa shape index (κ3) is 5.71. The Bertz CT molecular complexity index is 925. The van der Waals surface area contributed by atoms with E-state index in [1.165, 1.54) is 44.4 Å². The third-order valence-corrected chi connectivity index (χ3v) is 5.36. The molecule has 0 aromatic heterocycles. The summed E-state index contributed by atoms with van der Waals surface area (Å²) in [5.41, 5.74) is 5.93. The third-order valence-electron chi connectivity index (χ3n) is 3.63. The minimum absolute atomic E-state index is 0.0550. The van der Waals surface area contributed by atoms with E-state index in [4.69, 9.17) is 15.2 Å². The Balaban J connectivity index is 2.33. The molecule has 2 aromatic carbocycles. The monoisotopic (exact) mass is 392 g/mol. The molecule has 1 unspecified atom stereocenters. The predicted molar refractivity (Wildman–Crippen MR) is 99.2 cm³/mol. The normalized spacial score (nSPS) is 12.1. The van der Waals surface area contributed by atoms with Crippen LogP contribution in [-0.4, -0.2) is 33.3 Å². The van der Waals surface area contributed by atoms with Gasteiger partial charge in [0.1, 0.15) is 11.9 Å². The number of sulfone groups is 1. The minimum atomic E-state index is -3.79. The average molecular weight is 392 g/mol. The summed E-state index contributed by atoms with van der Waals surface area (Å²) in [5.74, 6) is -0.279. The van der Waals surface area contributed by atoms with Crippen molar-refractivity contribution >= 4 is 27.5 Å². The number of anilines is 1. The van der Waals surface area contributed by atoms with Crippen LogP contribution in [0.4, 0.5) is 10.5 Å². The van der Waals surface area contributed by atoms with E-state index in [9.17, 15) is 18.0 Å². The van der Waals surface area contributed by atoms with Crippen LogP contribution >= 0.6 is 0 Å². The SMILES string of the molecule is COc1ccc(S(=O)(=O)CC(OC(N)=O)c2cccc(NC(C)=O)c2)cc1. The smallest absolute Gasteiger partial charge is 0.405 e. The van der Waals surface area contributed by atoms with Gasteiger partial charge in [0.05, 0.1) is 17.8 Å². The lowest BCUT2D eigenvalue weighted by Crippen LogP contribution is -2.24. The van der Waals surface area contributed by atoms with Crippen molar-refractivity contribution in [3.63, 3.8) is 0 Å². The number of benzene rings is 2. The number of rotatable bonds is 7. The Morgan fingerprint density at radius 2 is 1.81 bits per heavy atom. The number of hydrogen-bond donors (Lipinski definition) is 2. The van der Waals surface area contributed by atoms with Gasteiger partial charge >= 0.3 is 6.09 Å². The molecule has 0 heterocycles. The molecule has 0 radical (unpaired) electrons. The maximum Gasteiger partial charge on any atom is 0.405 e. The van der Waals surface area contributed by atoms with E-state index >= 15 is 0 Å². The molecule has 27 heavy (non-hydrogen) atoms. The average Bonchev–Trinajstić information content (AvgIpc) is 2.60. The number of methoxy groups -OCH3 is 1. The molecule has 0 aliphatic heterocycles. The summed E-state index contributed by atoms with van der Waals surface area (Å²) in [6, 6.07) is 12.2. The summed E-state index contributed by atoms with van der Waals surface area (Å²) in [5, 5.41) is 2.59. The highest BCUT2D eigenvalue weighted by Gasteiger charge is 2.25. The van der Waals surface area contributed by atoms with Gasteiger partial charge in [0.25, 0.3) is 0 Å². The van der Waals surface area contributed by atoms with Gasteiger partial charge in [0, 0.05) is 12.6 Å². The fourth-order valence-electron chi connectivity index (χ4n) is 2.44. The summed E-state index contributed by atoms with van der Waals surface area (Å²) >= 11 is 0. The first kappa shape index (κ1) is 20.2. The second kappa shape index (κ2) is 8.54. The summed E-state index contributed by atoms with van der Waals surface area (Å²) in [4.78, 5) is 22.5. The van der Waals surface area contributed by atoms with Gasteiger partial charge in [-0.25, -0.2) is 13.2 Å². The molecule has 0 fully saturated rings. The Labute approximate surface area is 157 Å². The molecule has 8 nitrogen and oxygen atoms in total. The van der Waals surface area contributed by atoms with Gasteiger partial charge in [0.15, 0.2) is 9.84 Å². The topological polar surface area (TPSA) is 125 Å². The Morgan fingerprint density at radius 3 is 2.37 bits per heavy atom. The molecule has 0 aliphatic carbocycles. The fraction of sp³-hybridized carbons (Fsp3) is 0.222. The molecule has 0 aliphatic rings. The van der Waals surface area contributed by atoms with Crippen LogP contribution in [0.3, 0.4) is 0 Å². The molecule has 2 aromatic rings. The zero-order chi connectivity index (χ0) is 20.0. The number of carbonyl (C=O) groups is 2.